The lowest BCUT2D eigenvalue weighted by Gasteiger charge is -2.22. The van der Waals surface area contributed by atoms with Gasteiger partial charge in [0.05, 0.1) is 34.3 Å². The van der Waals surface area contributed by atoms with Crippen LogP contribution in [0.1, 0.15) is 37.9 Å². The van der Waals surface area contributed by atoms with Crippen molar-refractivity contribution >= 4 is 43.8 Å². The van der Waals surface area contributed by atoms with Crippen molar-refractivity contribution in [3.05, 3.63) is 100 Å². The molecule has 0 spiro atoms. The molecular weight excluding hydrogens is 542 g/mol. The molecule has 0 radical (unpaired) electrons. The predicted octanol–water partition coefficient (Wildman–Crippen LogP) is 7.11. The molecule has 0 N–H and O–H groups in total. The van der Waals surface area contributed by atoms with E-state index in [2.05, 4.69) is 38.7 Å². The molecule has 2 aromatic heterocycles. The summed E-state index contributed by atoms with van der Waals surface area (Å²) in [4.78, 5) is 22.3. The Bertz CT molecular complexity index is 1610. The summed E-state index contributed by atoms with van der Waals surface area (Å²) < 4.78 is 14.6. The summed E-state index contributed by atoms with van der Waals surface area (Å²) >= 11 is 3.57. The molecule has 38 heavy (non-hydrogen) atoms. The topological polar surface area (TPSA) is 66.2 Å². The first kappa shape index (κ1) is 25.9. The van der Waals surface area contributed by atoms with Crippen LogP contribution in [0.15, 0.2) is 83.3 Å². The molecular formula is C31H30BrN3O3. The number of pyridine rings is 1. The van der Waals surface area contributed by atoms with Gasteiger partial charge in [-0.2, -0.15) is 0 Å². The van der Waals surface area contributed by atoms with Crippen molar-refractivity contribution in [2.75, 3.05) is 6.61 Å². The van der Waals surface area contributed by atoms with Crippen molar-refractivity contribution in [3.63, 3.8) is 0 Å². The highest BCUT2D eigenvalue weighted by atomic mass is 79.9. The van der Waals surface area contributed by atoms with Crippen LogP contribution < -0.4 is 4.74 Å². The largest absolute Gasteiger partial charge is 0.487 e. The molecule has 0 bridgehead atoms. The number of rotatable bonds is 9. The monoisotopic (exact) mass is 571 g/mol. The summed E-state index contributed by atoms with van der Waals surface area (Å²) in [6.07, 6.45) is 0.450. The first-order valence-electron chi connectivity index (χ1n) is 12.7. The standard InChI is InChI=1S/C31H30BrN3O3/c1-4-37-30(36)31(2,3)18-29-34-27-17-25(38-20-24-13-12-22-9-5-6-11-26(22)33-24)14-15-28(27)35(29)19-21-8-7-10-23(32)16-21/h5-17H,4,18-20H2,1-3H3. The predicted molar refractivity (Wildman–Crippen MR) is 153 cm³/mol. The van der Waals surface area contributed by atoms with Crippen LogP contribution in [0.4, 0.5) is 0 Å². The number of fused-ring (bicyclic) bond motifs is 2. The summed E-state index contributed by atoms with van der Waals surface area (Å²) in [5, 5.41) is 1.10. The number of nitrogens with zero attached hydrogens (tertiary/aromatic N) is 3. The minimum absolute atomic E-state index is 0.229. The van der Waals surface area contributed by atoms with E-state index in [0.717, 1.165) is 49.2 Å². The first-order chi connectivity index (χ1) is 18.3. The van der Waals surface area contributed by atoms with E-state index >= 15 is 0 Å². The average Bonchev–Trinajstić information content (AvgIpc) is 3.22. The molecule has 5 rings (SSSR count). The zero-order chi connectivity index (χ0) is 26.7. The van der Waals surface area contributed by atoms with E-state index in [-0.39, 0.29) is 5.97 Å². The van der Waals surface area contributed by atoms with Crippen LogP contribution in [0.5, 0.6) is 5.75 Å². The molecule has 3 aromatic carbocycles. The van der Waals surface area contributed by atoms with E-state index < -0.39 is 5.41 Å². The smallest absolute Gasteiger partial charge is 0.311 e. The first-order valence-corrected chi connectivity index (χ1v) is 13.5. The second-order valence-electron chi connectivity index (χ2n) is 9.96. The van der Waals surface area contributed by atoms with Gasteiger partial charge in [-0.3, -0.25) is 4.79 Å². The van der Waals surface area contributed by atoms with Gasteiger partial charge in [0.2, 0.25) is 0 Å². The van der Waals surface area contributed by atoms with Crippen molar-refractivity contribution in [1.82, 2.24) is 14.5 Å². The number of halogens is 1. The summed E-state index contributed by atoms with van der Waals surface area (Å²) in [6, 6.07) is 26.3. The van der Waals surface area contributed by atoms with Gasteiger partial charge in [-0.25, -0.2) is 9.97 Å². The maximum atomic E-state index is 12.7. The molecule has 0 saturated carbocycles. The fraction of sp³-hybridized carbons (Fsp3) is 0.258. The van der Waals surface area contributed by atoms with E-state index in [4.69, 9.17) is 19.4 Å². The summed E-state index contributed by atoms with van der Waals surface area (Å²) in [6.45, 7) is 6.97. The minimum Gasteiger partial charge on any atom is -0.487 e. The Morgan fingerprint density at radius 2 is 1.79 bits per heavy atom. The van der Waals surface area contributed by atoms with Gasteiger partial charge >= 0.3 is 5.97 Å². The molecule has 0 aliphatic rings. The van der Waals surface area contributed by atoms with Crippen molar-refractivity contribution < 1.29 is 14.3 Å². The molecule has 0 aliphatic carbocycles. The number of hydrogen-bond acceptors (Lipinski definition) is 5. The third-order valence-corrected chi connectivity index (χ3v) is 6.99. The summed E-state index contributed by atoms with van der Waals surface area (Å²) in [7, 11) is 0. The number of aromatic nitrogens is 3. The van der Waals surface area contributed by atoms with Gasteiger partial charge in [-0.05, 0) is 62.7 Å². The van der Waals surface area contributed by atoms with E-state index in [0.29, 0.717) is 26.2 Å². The highest BCUT2D eigenvalue weighted by Crippen LogP contribution is 2.29. The van der Waals surface area contributed by atoms with Gasteiger partial charge in [-0.1, -0.05) is 52.3 Å². The third-order valence-electron chi connectivity index (χ3n) is 6.50. The van der Waals surface area contributed by atoms with Gasteiger partial charge in [0.25, 0.3) is 0 Å². The van der Waals surface area contributed by atoms with E-state index in [1.54, 1.807) is 0 Å². The van der Waals surface area contributed by atoms with E-state index in [1.807, 2.05) is 81.4 Å². The van der Waals surface area contributed by atoms with Crippen LogP contribution in [-0.2, 0) is 29.1 Å². The van der Waals surface area contributed by atoms with Gasteiger partial charge in [0.1, 0.15) is 18.2 Å². The number of ether oxygens (including phenoxy) is 2. The molecule has 0 saturated heterocycles. The number of carbonyl (C=O) groups is 1. The fourth-order valence-corrected chi connectivity index (χ4v) is 4.97. The minimum atomic E-state index is -0.715. The Hall–Kier alpha value is -3.71. The lowest BCUT2D eigenvalue weighted by molar-refractivity contribution is -0.153. The molecule has 0 atom stereocenters. The Morgan fingerprint density at radius 1 is 0.947 bits per heavy atom. The number of para-hydroxylation sites is 1. The van der Waals surface area contributed by atoms with Crippen molar-refractivity contribution in [2.45, 2.75) is 40.3 Å². The lowest BCUT2D eigenvalue weighted by Crippen LogP contribution is -2.30. The lowest BCUT2D eigenvalue weighted by atomic mass is 9.89. The van der Waals surface area contributed by atoms with Crippen LogP contribution >= 0.6 is 15.9 Å². The van der Waals surface area contributed by atoms with Gasteiger partial charge in [0.15, 0.2) is 0 Å². The number of esters is 1. The molecule has 194 valence electrons. The Kier molecular flexibility index (Phi) is 7.47. The number of hydrogen-bond donors (Lipinski definition) is 0. The van der Waals surface area contributed by atoms with Crippen LogP contribution in [0, 0.1) is 5.41 Å². The highest BCUT2D eigenvalue weighted by molar-refractivity contribution is 9.10. The zero-order valence-corrected chi connectivity index (χ0v) is 23.4. The van der Waals surface area contributed by atoms with E-state index in [1.165, 1.54) is 0 Å². The van der Waals surface area contributed by atoms with Crippen molar-refractivity contribution in [1.29, 1.82) is 0 Å². The SMILES string of the molecule is CCOC(=O)C(C)(C)Cc1nc2cc(OCc3ccc4ccccc4n3)ccc2n1Cc1cccc(Br)c1. The maximum absolute atomic E-state index is 12.7. The Morgan fingerprint density at radius 3 is 2.61 bits per heavy atom. The van der Waals surface area contributed by atoms with E-state index in [9.17, 15) is 4.79 Å². The van der Waals surface area contributed by atoms with Crippen molar-refractivity contribution in [2.24, 2.45) is 5.41 Å². The number of benzene rings is 3. The van der Waals surface area contributed by atoms with Crippen LogP contribution in [-0.4, -0.2) is 27.1 Å². The second kappa shape index (κ2) is 11.0. The quantitative estimate of drug-likeness (QED) is 0.176. The van der Waals surface area contributed by atoms with Crippen LogP contribution in [0.25, 0.3) is 21.9 Å². The Balaban J connectivity index is 1.45. The van der Waals surface area contributed by atoms with Crippen LogP contribution in [0.3, 0.4) is 0 Å². The summed E-state index contributed by atoms with van der Waals surface area (Å²) in [5.41, 5.74) is 4.03. The molecule has 7 heteroatoms. The zero-order valence-electron chi connectivity index (χ0n) is 21.8. The molecule has 6 nitrogen and oxygen atoms in total. The number of carbonyl (C=O) groups excluding carboxylic acids is 1. The summed E-state index contributed by atoms with van der Waals surface area (Å²) in [5.74, 6) is 1.31. The Labute approximate surface area is 230 Å². The molecule has 0 unspecified atom stereocenters. The molecule has 0 aliphatic heterocycles. The normalized spacial score (nSPS) is 11.7. The number of imidazole rings is 1. The van der Waals surface area contributed by atoms with Gasteiger partial charge < -0.3 is 14.0 Å². The molecule has 0 fully saturated rings. The fourth-order valence-electron chi connectivity index (χ4n) is 4.52. The van der Waals surface area contributed by atoms with Crippen LogP contribution in [0.2, 0.25) is 0 Å². The highest BCUT2D eigenvalue weighted by Gasteiger charge is 2.32. The second-order valence-corrected chi connectivity index (χ2v) is 10.9. The van der Waals surface area contributed by atoms with Gasteiger partial charge in [-0.15, -0.1) is 0 Å². The maximum Gasteiger partial charge on any atom is 0.311 e. The molecule has 0 amide bonds. The third kappa shape index (κ3) is 5.73. The van der Waals surface area contributed by atoms with Crippen molar-refractivity contribution in [3.8, 4) is 5.75 Å². The molecule has 5 aromatic rings. The average molecular weight is 573 g/mol. The van der Waals surface area contributed by atoms with Gasteiger partial charge in [0, 0.05) is 28.9 Å². The molecule has 2 heterocycles.